The molecule has 0 saturated carbocycles. The van der Waals surface area contributed by atoms with Crippen LogP contribution in [0.1, 0.15) is 36.4 Å². The van der Waals surface area contributed by atoms with E-state index < -0.39 is 30.1 Å². The van der Waals surface area contributed by atoms with Crippen molar-refractivity contribution in [3.05, 3.63) is 83.9 Å². The van der Waals surface area contributed by atoms with Gasteiger partial charge in [-0.3, -0.25) is 9.59 Å². The zero-order chi connectivity index (χ0) is 29.3. The molecule has 0 aromatic heterocycles. The number of cyclic esters (lactones) is 1. The quantitative estimate of drug-likeness (QED) is 0.183. The van der Waals surface area contributed by atoms with E-state index in [-0.39, 0.29) is 70.7 Å². The molecule has 11 heteroatoms. The number of ether oxygens (including phenoxy) is 3. The molecule has 220 valence electrons. The molecule has 0 unspecified atom stereocenters. The summed E-state index contributed by atoms with van der Waals surface area (Å²) in [4.78, 5) is 51.2. The second-order valence-corrected chi connectivity index (χ2v) is 9.39. The molecule has 0 aliphatic carbocycles. The van der Waals surface area contributed by atoms with Gasteiger partial charge in [0, 0.05) is 13.0 Å². The summed E-state index contributed by atoms with van der Waals surface area (Å²) in [6.07, 6.45) is 2.89. The summed E-state index contributed by atoms with van der Waals surface area (Å²) < 4.78 is 16.0. The molecule has 41 heavy (non-hydrogen) atoms. The monoisotopic (exact) mass is 567 g/mol. The first-order valence-electron chi connectivity index (χ1n) is 13.6. The number of amides is 3. The number of allylic oxidation sites excluding steroid dienone is 1. The van der Waals surface area contributed by atoms with Gasteiger partial charge in [-0.2, -0.15) is 0 Å². The Morgan fingerprint density at radius 3 is 2.41 bits per heavy atom. The van der Waals surface area contributed by atoms with Crippen molar-refractivity contribution in [1.29, 1.82) is 0 Å². The van der Waals surface area contributed by atoms with Crippen LogP contribution >= 0.6 is 0 Å². The largest absolute Gasteiger partial charge is 0.462 e. The molecule has 1 aliphatic heterocycles. The number of carbonyl (C=O) groups excluding carboxylic acids is 4. The number of aliphatic hydroxyl groups excluding tert-OH is 1. The molecule has 2 aromatic carbocycles. The minimum atomic E-state index is -1.01. The summed E-state index contributed by atoms with van der Waals surface area (Å²) in [5.41, 5.74) is 1.52. The van der Waals surface area contributed by atoms with Gasteiger partial charge in [0.25, 0.3) is 0 Å². The highest BCUT2D eigenvalue weighted by atomic mass is 16.6. The third-order valence-electron chi connectivity index (χ3n) is 6.27. The number of aliphatic hydroxyl groups is 1. The van der Waals surface area contributed by atoms with Crippen LogP contribution in [0.4, 0.5) is 4.79 Å². The molecule has 4 N–H and O–H groups in total. The zero-order valence-electron chi connectivity index (χ0n) is 22.8. The second kappa shape index (κ2) is 17.5. The number of esters is 1. The van der Waals surface area contributed by atoms with Gasteiger partial charge in [0.2, 0.25) is 11.8 Å². The number of hydrogen-bond donors (Lipinski definition) is 4. The van der Waals surface area contributed by atoms with Gasteiger partial charge in [0.05, 0.1) is 31.8 Å². The molecule has 0 bridgehead atoms. The molecule has 3 atom stereocenters. The van der Waals surface area contributed by atoms with E-state index in [4.69, 9.17) is 19.3 Å². The van der Waals surface area contributed by atoms with Crippen LogP contribution in [-0.2, 0) is 35.2 Å². The van der Waals surface area contributed by atoms with Gasteiger partial charge >= 0.3 is 12.1 Å². The smallest absolute Gasteiger partial charge is 0.408 e. The van der Waals surface area contributed by atoms with E-state index in [2.05, 4.69) is 16.0 Å². The Bertz CT molecular complexity index is 1140. The number of benzene rings is 2. The number of alkyl carbamates (subject to hydrolysis) is 1. The predicted molar refractivity (Wildman–Crippen MR) is 149 cm³/mol. The van der Waals surface area contributed by atoms with Gasteiger partial charge in [-0.05, 0) is 24.0 Å². The third-order valence-corrected chi connectivity index (χ3v) is 6.27. The molecule has 3 rings (SSSR count). The maximum Gasteiger partial charge on any atom is 0.408 e. The number of rotatable bonds is 11. The van der Waals surface area contributed by atoms with Crippen molar-refractivity contribution in [2.45, 2.75) is 38.0 Å². The minimum Gasteiger partial charge on any atom is -0.462 e. The summed E-state index contributed by atoms with van der Waals surface area (Å²) in [6, 6.07) is 16.5. The number of carbonyl (C=O) groups is 4. The van der Waals surface area contributed by atoms with Crippen LogP contribution in [0.15, 0.2) is 72.8 Å². The summed E-state index contributed by atoms with van der Waals surface area (Å²) in [6.45, 7) is 0.440. The Hall–Kier alpha value is -4.22. The van der Waals surface area contributed by atoms with Crippen LogP contribution in [0.25, 0.3) is 0 Å². The highest BCUT2D eigenvalue weighted by Crippen LogP contribution is 2.19. The van der Waals surface area contributed by atoms with Gasteiger partial charge in [0.15, 0.2) is 0 Å². The molecule has 0 fully saturated rings. The first kappa shape index (κ1) is 31.3. The topological polar surface area (TPSA) is 152 Å². The summed E-state index contributed by atoms with van der Waals surface area (Å²) in [7, 11) is 0. The fourth-order valence-corrected chi connectivity index (χ4v) is 4.08. The Morgan fingerprint density at radius 2 is 1.68 bits per heavy atom. The van der Waals surface area contributed by atoms with Gasteiger partial charge in [-0.1, -0.05) is 72.8 Å². The van der Waals surface area contributed by atoms with Crippen LogP contribution < -0.4 is 16.0 Å². The molecule has 11 nitrogen and oxygen atoms in total. The van der Waals surface area contributed by atoms with E-state index in [1.54, 1.807) is 36.4 Å². The van der Waals surface area contributed by atoms with Crippen LogP contribution in [-0.4, -0.2) is 68.0 Å². The van der Waals surface area contributed by atoms with Crippen molar-refractivity contribution in [1.82, 2.24) is 16.0 Å². The summed E-state index contributed by atoms with van der Waals surface area (Å²) in [5.74, 6) is -2.03. The van der Waals surface area contributed by atoms with E-state index in [0.717, 1.165) is 11.1 Å². The van der Waals surface area contributed by atoms with E-state index in [1.807, 2.05) is 36.4 Å². The minimum absolute atomic E-state index is 0.0453. The average Bonchev–Trinajstić information content (AvgIpc) is 2.99. The van der Waals surface area contributed by atoms with Crippen molar-refractivity contribution in [3.63, 3.8) is 0 Å². The van der Waals surface area contributed by atoms with E-state index in [9.17, 15) is 19.2 Å². The highest BCUT2D eigenvalue weighted by Gasteiger charge is 2.28. The van der Waals surface area contributed by atoms with Gasteiger partial charge in [0.1, 0.15) is 19.3 Å². The average molecular weight is 568 g/mol. The Balaban J connectivity index is 1.68. The Morgan fingerprint density at radius 1 is 0.976 bits per heavy atom. The van der Waals surface area contributed by atoms with E-state index >= 15 is 0 Å². The molecule has 0 radical (unpaired) electrons. The van der Waals surface area contributed by atoms with Crippen molar-refractivity contribution in [2.24, 2.45) is 5.92 Å². The van der Waals surface area contributed by atoms with Crippen molar-refractivity contribution in [2.75, 3.05) is 33.0 Å². The fourth-order valence-electron chi connectivity index (χ4n) is 4.08. The second-order valence-electron chi connectivity index (χ2n) is 9.39. The Kier molecular flexibility index (Phi) is 13.3. The van der Waals surface area contributed by atoms with Gasteiger partial charge < -0.3 is 35.3 Å². The standard InChI is InChI=1S/C30H37N3O8/c34-16-18-39-17-15-31-27(35)19-24-13-7-8-14-25(33-30(38)41-20-22-9-3-1-4-10-22)29(37)40-21-26(32-28(24)36)23-11-5-2-6-12-23/h1-12,24-26,34H,13-21H2,(H,31,35)(H,32,36)(H,33,38)/t24-,25-,26-/m1/s1. The molecule has 2 aromatic rings. The molecule has 0 saturated heterocycles. The van der Waals surface area contributed by atoms with Crippen LogP contribution in [0.5, 0.6) is 0 Å². The first-order chi connectivity index (χ1) is 20.0. The van der Waals surface area contributed by atoms with Crippen LogP contribution in [0.3, 0.4) is 0 Å². The van der Waals surface area contributed by atoms with Crippen molar-refractivity contribution in [3.8, 4) is 0 Å². The van der Waals surface area contributed by atoms with Crippen molar-refractivity contribution < 1.29 is 38.5 Å². The van der Waals surface area contributed by atoms with Crippen LogP contribution in [0.2, 0.25) is 0 Å². The molecule has 3 amide bonds. The lowest BCUT2D eigenvalue weighted by molar-refractivity contribution is -0.147. The maximum absolute atomic E-state index is 13.3. The highest BCUT2D eigenvalue weighted by molar-refractivity contribution is 5.86. The molecular weight excluding hydrogens is 530 g/mol. The SMILES string of the molecule is O=C(C[C@H]1CC=CC[C@@H](NC(=O)OCc2ccccc2)C(=O)OC[C@H](c2ccccc2)NC1=O)NCCOCCO. The molecule has 1 aliphatic rings. The molecule has 0 spiro atoms. The summed E-state index contributed by atoms with van der Waals surface area (Å²) >= 11 is 0. The number of hydrogen-bond acceptors (Lipinski definition) is 8. The number of nitrogens with one attached hydrogen (secondary N) is 3. The first-order valence-corrected chi connectivity index (χ1v) is 13.6. The molecular formula is C30H37N3O8. The Labute approximate surface area is 239 Å². The third kappa shape index (κ3) is 11.4. The van der Waals surface area contributed by atoms with Gasteiger partial charge in [-0.25, -0.2) is 9.59 Å². The predicted octanol–water partition coefficient (Wildman–Crippen LogP) is 2.16. The summed E-state index contributed by atoms with van der Waals surface area (Å²) in [5, 5.41) is 17.0. The maximum atomic E-state index is 13.3. The van der Waals surface area contributed by atoms with E-state index in [1.165, 1.54) is 0 Å². The zero-order valence-corrected chi connectivity index (χ0v) is 22.8. The van der Waals surface area contributed by atoms with Crippen LogP contribution in [0, 0.1) is 5.92 Å². The van der Waals surface area contributed by atoms with Crippen molar-refractivity contribution >= 4 is 23.9 Å². The fraction of sp³-hybridized carbons (Fsp3) is 0.400. The van der Waals surface area contributed by atoms with E-state index in [0.29, 0.717) is 0 Å². The van der Waals surface area contributed by atoms with Gasteiger partial charge in [-0.15, -0.1) is 0 Å². The lowest BCUT2D eigenvalue weighted by atomic mass is 9.97. The lowest BCUT2D eigenvalue weighted by Gasteiger charge is -2.24. The molecule has 1 heterocycles. The lowest BCUT2D eigenvalue weighted by Crippen LogP contribution is -2.44. The normalized spacial score (nSPS) is 19.6.